The Morgan fingerprint density at radius 2 is 1.77 bits per heavy atom. The fourth-order valence-corrected chi connectivity index (χ4v) is 4.26. The van der Waals surface area contributed by atoms with Gasteiger partial charge < -0.3 is 0 Å². The Hall–Kier alpha value is -2.94. The Labute approximate surface area is 153 Å². The van der Waals surface area contributed by atoms with Crippen molar-refractivity contribution in [2.45, 2.75) is 26.7 Å². The highest BCUT2D eigenvalue weighted by Crippen LogP contribution is 2.35. The monoisotopic (exact) mass is 341 g/mol. The van der Waals surface area contributed by atoms with Crippen LogP contribution in [0.3, 0.4) is 0 Å². The summed E-state index contributed by atoms with van der Waals surface area (Å²) < 4.78 is 13.3. The zero-order chi connectivity index (χ0) is 18.9. The molecule has 0 amide bonds. The number of aryl methyl sites for hydroxylation is 2. The summed E-state index contributed by atoms with van der Waals surface area (Å²) in [6.45, 7) is 6.03. The Morgan fingerprint density at radius 3 is 2.58 bits per heavy atom. The van der Waals surface area contributed by atoms with Crippen molar-refractivity contribution in [3.8, 4) is 0 Å². The molecule has 5 rings (SSSR count). The average molecular weight is 341 g/mol. The number of imidazole rings is 1. The molecule has 0 fully saturated rings. The highest BCUT2D eigenvalue weighted by atomic mass is 15.1. The second-order valence-electron chi connectivity index (χ2n) is 7.26. The van der Waals surface area contributed by atoms with Crippen molar-refractivity contribution in [1.82, 2.24) is 9.38 Å². The van der Waals surface area contributed by atoms with Crippen LogP contribution in [0.4, 0.5) is 0 Å². The third kappa shape index (κ3) is 1.83. The summed E-state index contributed by atoms with van der Waals surface area (Å²) in [5.74, 6) is -0.712. The minimum absolute atomic E-state index is 0.712. The second kappa shape index (κ2) is 5.28. The maximum atomic E-state index is 8.72. The van der Waals surface area contributed by atoms with Crippen LogP contribution in [0.15, 0.2) is 54.7 Å². The highest BCUT2D eigenvalue weighted by Gasteiger charge is 2.25. The van der Waals surface area contributed by atoms with Crippen LogP contribution in [0.5, 0.6) is 0 Å². The van der Waals surface area contributed by atoms with Gasteiger partial charge in [-0.2, -0.15) is 4.40 Å². The molecule has 0 bridgehead atoms. The number of pyridine rings is 2. The predicted molar refractivity (Wildman–Crippen MR) is 108 cm³/mol. The van der Waals surface area contributed by atoms with Gasteiger partial charge in [0, 0.05) is 7.57 Å². The number of fused-ring (bicyclic) bond motifs is 8. The van der Waals surface area contributed by atoms with E-state index in [4.69, 9.17) is 6.35 Å². The molecule has 0 aliphatic rings. The molecular weight excluding hydrogens is 318 g/mol. The molecule has 3 heteroatoms. The van der Waals surface area contributed by atoms with Crippen LogP contribution in [0.2, 0.25) is 0 Å². The summed E-state index contributed by atoms with van der Waals surface area (Å²) in [6.07, 6.45) is 1.88. The summed E-state index contributed by atoms with van der Waals surface area (Å²) in [6, 6.07) is 16.8. The molecule has 0 spiro atoms. The van der Waals surface area contributed by atoms with Crippen LogP contribution in [0.1, 0.15) is 32.2 Å². The first-order valence-corrected chi connectivity index (χ1v) is 8.99. The lowest BCUT2D eigenvalue weighted by Crippen LogP contribution is -2.27. The first kappa shape index (κ1) is 14.3. The van der Waals surface area contributed by atoms with Crippen LogP contribution >= 0.6 is 0 Å². The first-order chi connectivity index (χ1) is 12.9. The number of para-hydroxylation sites is 2. The van der Waals surface area contributed by atoms with E-state index < -0.39 is 5.89 Å². The van der Waals surface area contributed by atoms with E-state index in [-0.39, 0.29) is 0 Å². The molecule has 0 atom stereocenters. The van der Waals surface area contributed by atoms with Gasteiger partial charge in [-0.1, -0.05) is 38.1 Å². The Bertz CT molecular complexity index is 1370. The zero-order valence-corrected chi connectivity index (χ0v) is 15.5. The van der Waals surface area contributed by atoms with Crippen LogP contribution < -0.4 is 4.57 Å². The van der Waals surface area contributed by atoms with E-state index in [0.717, 1.165) is 33.0 Å². The van der Waals surface area contributed by atoms with Crippen molar-refractivity contribution in [3.63, 3.8) is 0 Å². The fourth-order valence-electron chi connectivity index (χ4n) is 4.26. The minimum Gasteiger partial charge on any atom is -0.255 e. The van der Waals surface area contributed by atoms with E-state index >= 15 is 0 Å². The molecule has 0 aliphatic heterocycles. The highest BCUT2D eigenvalue weighted by molar-refractivity contribution is 6.13. The molecule has 3 nitrogen and oxygen atoms in total. The molecule has 3 heterocycles. The lowest BCUT2D eigenvalue weighted by molar-refractivity contribution is -0.617. The van der Waals surface area contributed by atoms with E-state index in [9.17, 15) is 0 Å². The molecule has 0 unspecified atom stereocenters. The normalized spacial score (nSPS) is 13.2. The minimum atomic E-state index is -0.712. The third-order valence-corrected chi connectivity index (χ3v) is 5.46. The zero-order valence-electron chi connectivity index (χ0n) is 16.5. The summed E-state index contributed by atoms with van der Waals surface area (Å²) >= 11 is 0. The molecule has 0 radical (unpaired) electrons. The number of rotatable bonds is 1. The molecule has 26 heavy (non-hydrogen) atoms. The fraction of sp³-hybridized carbons (Fsp3) is 0.217. The maximum Gasteiger partial charge on any atom is 0.297 e. The lowest BCUT2D eigenvalue weighted by atomic mass is 9.95. The SMILES string of the molecule is [2H]C(C)(C)c1cccc2c1c1nccc(C)c1c1n2c2ccccc2[n+]1C. The van der Waals surface area contributed by atoms with Crippen LogP contribution in [-0.4, -0.2) is 9.38 Å². The summed E-state index contributed by atoms with van der Waals surface area (Å²) in [5.41, 5.74) is 7.78. The van der Waals surface area contributed by atoms with Gasteiger partial charge in [0.2, 0.25) is 0 Å². The average Bonchev–Trinajstić information content (AvgIpc) is 2.94. The van der Waals surface area contributed by atoms with Crippen molar-refractivity contribution in [2.24, 2.45) is 7.05 Å². The van der Waals surface area contributed by atoms with Gasteiger partial charge in [0.1, 0.15) is 5.52 Å². The smallest absolute Gasteiger partial charge is 0.255 e. The van der Waals surface area contributed by atoms with E-state index in [0.29, 0.717) is 0 Å². The number of aromatic nitrogens is 3. The number of hydrogen-bond acceptors (Lipinski definition) is 1. The molecular formula is C23H22N3+. The van der Waals surface area contributed by atoms with Gasteiger partial charge in [-0.3, -0.25) is 4.98 Å². The molecule has 3 aromatic heterocycles. The van der Waals surface area contributed by atoms with Crippen molar-refractivity contribution < 1.29 is 5.94 Å². The van der Waals surface area contributed by atoms with Gasteiger partial charge in [0.05, 0.1) is 23.3 Å². The van der Waals surface area contributed by atoms with Gasteiger partial charge in [0.25, 0.3) is 5.65 Å². The van der Waals surface area contributed by atoms with Gasteiger partial charge >= 0.3 is 0 Å². The Kier molecular flexibility index (Phi) is 2.89. The van der Waals surface area contributed by atoms with Crippen molar-refractivity contribution >= 4 is 38.5 Å². The van der Waals surface area contributed by atoms with Crippen LogP contribution in [0.25, 0.3) is 38.5 Å². The summed E-state index contributed by atoms with van der Waals surface area (Å²) in [7, 11) is 2.12. The van der Waals surface area contributed by atoms with Crippen molar-refractivity contribution in [3.05, 3.63) is 65.9 Å². The first-order valence-electron chi connectivity index (χ1n) is 9.49. The maximum absolute atomic E-state index is 8.72. The van der Waals surface area contributed by atoms with Crippen molar-refractivity contribution in [1.29, 1.82) is 0 Å². The molecule has 128 valence electrons. The molecule has 5 aromatic rings. The quantitative estimate of drug-likeness (QED) is 0.309. The second-order valence-corrected chi connectivity index (χ2v) is 7.26. The molecule has 0 aliphatic carbocycles. The van der Waals surface area contributed by atoms with Gasteiger partial charge in [-0.15, -0.1) is 0 Å². The molecule has 0 saturated carbocycles. The van der Waals surface area contributed by atoms with Gasteiger partial charge in [-0.25, -0.2) is 4.57 Å². The number of nitrogens with zero attached hydrogens (tertiary/aromatic N) is 3. The van der Waals surface area contributed by atoms with E-state index in [1.165, 1.54) is 16.6 Å². The molecule has 0 N–H and O–H groups in total. The number of benzene rings is 2. The lowest BCUT2D eigenvalue weighted by Gasteiger charge is -2.12. The standard InChI is InChI=1S/C23H22N3/c1-14(2)16-8-7-11-19-21(16)22-20(15(3)12-13-24-22)23-25(4)17-9-5-6-10-18(17)26(19)23/h5-14H,1-4H3/q+1/i14D. The third-order valence-electron chi connectivity index (χ3n) is 5.46. The molecule has 2 aromatic carbocycles. The van der Waals surface area contributed by atoms with Gasteiger partial charge in [-0.05, 0) is 48.2 Å². The van der Waals surface area contributed by atoms with Crippen LogP contribution in [-0.2, 0) is 7.05 Å². The van der Waals surface area contributed by atoms with E-state index in [2.05, 4.69) is 71.5 Å². The number of hydrogen-bond donors (Lipinski definition) is 0. The predicted octanol–water partition coefficient (Wildman–Crippen LogP) is 5.05. The Balaban J connectivity index is 2.25. The summed E-state index contributed by atoms with van der Waals surface area (Å²) in [4.78, 5) is 4.80. The topological polar surface area (TPSA) is 21.2 Å². The van der Waals surface area contributed by atoms with Gasteiger partial charge in [0.15, 0.2) is 11.0 Å². The molecule has 0 saturated heterocycles. The Morgan fingerprint density at radius 1 is 1.00 bits per heavy atom. The van der Waals surface area contributed by atoms with Crippen LogP contribution in [0, 0.1) is 6.92 Å². The van der Waals surface area contributed by atoms with E-state index in [1.54, 1.807) is 0 Å². The van der Waals surface area contributed by atoms with Crippen molar-refractivity contribution in [2.75, 3.05) is 0 Å². The summed E-state index contributed by atoms with van der Waals surface area (Å²) in [5, 5.41) is 2.23. The largest absolute Gasteiger partial charge is 0.297 e. The van der Waals surface area contributed by atoms with E-state index in [1.807, 2.05) is 20.0 Å².